The van der Waals surface area contributed by atoms with Crippen LogP contribution in [0, 0.1) is 5.82 Å². The predicted octanol–water partition coefficient (Wildman–Crippen LogP) is 1.06. The molecule has 2 N–H and O–H groups in total. The third-order valence-electron chi connectivity index (χ3n) is 3.15. The number of halogens is 1. The van der Waals surface area contributed by atoms with Gasteiger partial charge in [0.25, 0.3) is 0 Å². The molecule has 0 heterocycles. The number of hydrogen-bond donors (Lipinski definition) is 2. The molecule has 0 aliphatic rings. The van der Waals surface area contributed by atoms with Gasteiger partial charge < -0.3 is 15.3 Å². The van der Waals surface area contributed by atoms with E-state index in [4.69, 9.17) is 5.11 Å². The first-order chi connectivity index (χ1) is 9.99. The molecule has 1 aromatic rings. The summed E-state index contributed by atoms with van der Waals surface area (Å²) in [5.74, 6) is -0.834. The molecule has 0 aliphatic heterocycles. The Labute approximate surface area is 123 Å². The van der Waals surface area contributed by atoms with Crippen molar-refractivity contribution in [1.29, 1.82) is 0 Å². The van der Waals surface area contributed by atoms with Crippen molar-refractivity contribution in [3.8, 4) is 0 Å². The van der Waals surface area contributed by atoms with Crippen molar-refractivity contribution in [2.24, 2.45) is 0 Å². The van der Waals surface area contributed by atoms with Gasteiger partial charge in [0.05, 0.1) is 6.61 Å². The van der Waals surface area contributed by atoms with Crippen LogP contribution in [0.25, 0.3) is 0 Å². The second-order valence-electron chi connectivity index (χ2n) is 4.69. The average Bonchev–Trinajstić information content (AvgIpc) is 2.50. The highest BCUT2D eigenvalue weighted by Crippen LogP contribution is 2.11. The number of rotatable bonds is 7. The summed E-state index contributed by atoms with van der Waals surface area (Å²) in [6, 6.07) is 5.16. The third kappa shape index (κ3) is 5.15. The maximum Gasteiger partial charge on any atom is 0.242 e. The summed E-state index contributed by atoms with van der Waals surface area (Å²) in [6.45, 7) is 3.58. The first kappa shape index (κ1) is 17.1. The fraction of sp³-hybridized carbons (Fsp3) is 0.467. The molecule has 0 saturated carbocycles. The second-order valence-corrected chi connectivity index (χ2v) is 4.69. The summed E-state index contributed by atoms with van der Waals surface area (Å²) in [5, 5.41) is 11.3. The molecule has 0 spiro atoms. The zero-order valence-electron chi connectivity index (χ0n) is 12.3. The van der Waals surface area contributed by atoms with Gasteiger partial charge in [0, 0.05) is 19.5 Å². The van der Waals surface area contributed by atoms with E-state index >= 15 is 0 Å². The molecule has 0 aromatic heterocycles. The van der Waals surface area contributed by atoms with Crippen LogP contribution in [0.5, 0.6) is 0 Å². The number of hydrogen-bond acceptors (Lipinski definition) is 3. The van der Waals surface area contributed by atoms with Crippen LogP contribution in [0.15, 0.2) is 24.3 Å². The molecule has 21 heavy (non-hydrogen) atoms. The molecule has 2 amide bonds. The normalized spacial score (nSPS) is 11.8. The lowest BCUT2D eigenvalue weighted by atomic mass is 10.1. The summed E-state index contributed by atoms with van der Waals surface area (Å²) in [4.78, 5) is 25.4. The van der Waals surface area contributed by atoms with Crippen molar-refractivity contribution >= 4 is 11.8 Å². The number of carbonyl (C=O) groups is 2. The first-order valence-corrected chi connectivity index (χ1v) is 6.92. The topological polar surface area (TPSA) is 69.6 Å². The van der Waals surface area contributed by atoms with Crippen LogP contribution < -0.4 is 5.32 Å². The van der Waals surface area contributed by atoms with Gasteiger partial charge in [-0.05, 0) is 24.6 Å². The van der Waals surface area contributed by atoms with Gasteiger partial charge >= 0.3 is 0 Å². The molecule has 0 saturated heterocycles. The minimum absolute atomic E-state index is 0.147. The standard InChI is InChI=1S/C15H21FN2O3/c1-3-14(20)18(11(2)15(21)17-8-9-19)10-12-4-6-13(16)7-5-12/h4-7,11,19H,3,8-10H2,1-2H3,(H,17,21)/t11-/m1/s1. The number of amides is 2. The summed E-state index contributed by atoms with van der Waals surface area (Å²) in [7, 11) is 0. The van der Waals surface area contributed by atoms with Gasteiger partial charge in [-0.3, -0.25) is 9.59 Å². The Hall–Kier alpha value is -1.95. The zero-order chi connectivity index (χ0) is 15.8. The highest BCUT2D eigenvalue weighted by molar-refractivity contribution is 5.87. The van der Waals surface area contributed by atoms with Crippen molar-refractivity contribution in [2.45, 2.75) is 32.9 Å². The lowest BCUT2D eigenvalue weighted by Crippen LogP contribution is -2.47. The Morgan fingerprint density at radius 2 is 1.95 bits per heavy atom. The molecular formula is C15H21FN2O3. The first-order valence-electron chi connectivity index (χ1n) is 6.92. The summed E-state index contributed by atoms with van der Waals surface area (Å²) >= 11 is 0. The smallest absolute Gasteiger partial charge is 0.242 e. The van der Waals surface area contributed by atoms with E-state index < -0.39 is 6.04 Å². The Kier molecular flexibility index (Phi) is 6.81. The third-order valence-corrected chi connectivity index (χ3v) is 3.15. The molecular weight excluding hydrogens is 275 g/mol. The average molecular weight is 296 g/mol. The van der Waals surface area contributed by atoms with Crippen LogP contribution in [-0.4, -0.2) is 41.0 Å². The fourth-order valence-corrected chi connectivity index (χ4v) is 1.90. The van der Waals surface area contributed by atoms with E-state index in [0.29, 0.717) is 0 Å². The van der Waals surface area contributed by atoms with Gasteiger partial charge in [-0.1, -0.05) is 19.1 Å². The molecule has 0 bridgehead atoms. The Balaban J connectivity index is 2.82. The molecule has 6 heteroatoms. The molecule has 116 valence electrons. The highest BCUT2D eigenvalue weighted by atomic mass is 19.1. The number of benzene rings is 1. The Bertz CT molecular complexity index is 476. The van der Waals surface area contributed by atoms with Crippen LogP contribution in [0.2, 0.25) is 0 Å². The van der Waals surface area contributed by atoms with Gasteiger partial charge in [-0.2, -0.15) is 0 Å². The molecule has 0 unspecified atom stereocenters. The summed E-state index contributed by atoms with van der Waals surface area (Å²) in [6.07, 6.45) is 0.277. The fourth-order valence-electron chi connectivity index (χ4n) is 1.90. The van der Waals surface area contributed by atoms with Crippen molar-refractivity contribution < 1.29 is 19.1 Å². The molecule has 5 nitrogen and oxygen atoms in total. The number of aliphatic hydroxyl groups excluding tert-OH is 1. The molecule has 1 rings (SSSR count). The van der Waals surface area contributed by atoms with Gasteiger partial charge in [-0.15, -0.1) is 0 Å². The van der Waals surface area contributed by atoms with Crippen LogP contribution in [0.4, 0.5) is 4.39 Å². The van der Waals surface area contributed by atoms with Crippen LogP contribution in [-0.2, 0) is 16.1 Å². The Morgan fingerprint density at radius 3 is 2.48 bits per heavy atom. The van der Waals surface area contributed by atoms with Gasteiger partial charge in [0.15, 0.2) is 0 Å². The number of nitrogens with zero attached hydrogens (tertiary/aromatic N) is 1. The second kappa shape index (κ2) is 8.36. The predicted molar refractivity (Wildman–Crippen MR) is 76.8 cm³/mol. The summed E-state index contributed by atoms with van der Waals surface area (Å²) in [5.41, 5.74) is 0.750. The molecule has 1 aromatic carbocycles. The van der Waals surface area contributed by atoms with Gasteiger partial charge in [0.1, 0.15) is 11.9 Å². The van der Waals surface area contributed by atoms with E-state index in [2.05, 4.69) is 5.32 Å². The maximum atomic E-state index is 12.9. The van der Waals surface area contributed by atoms with E-state index in [9.17, 15) is 14.0 Å². The lowest BCUT2D eigenvalue weighted by molar-refractivity contribution is -0.140. The van der Waals surface area contributed by atoms with Gasteiger partial charge in [0.2, 0.25) is 11.8 Å². The van der Waals surface area contributed by atoms with E-state index in [-0.39, 0.29) is 43.7 Å². The lowest BCUT2D eigenvalue weighted by Gasteiger charge is -2.28. The number of carbonyl (C=O) groups excluding carboxylic acids is 2. The monoisotopic (exact) mass is 296 g/mol. The van der Waals surface area contributed by atoms with Crippen LogP contribution in [0.3, 0.4) is 0 Å². The van der Waals surface area contributed by atoms with Crippen molar-refractivity contribution in [3.63, 3.8) is 0 Å². The minimum Gasteiger partial charge on any atom is -0.395 e. The minimum atomic E-state index is -0.658. The van der Waals surface area contributed by atoms with E-state index in [1.165, 1.54) is 17.0 Å². The summed E-state index contributed by atoms with van der Waals surface area (Å²) < 4.78 is 12.9. The van der Waals surface area contributed by atoms with E-state index in [0.717, 1.165) is 5.56 Å². The SMILES string of the molecule is CCC(=O)N(Cc1ccc(F)cc1)[C@H](C)C(=O)NCCO. The van der Waals surface area contributed by atoms with Crippen LogP contribution in [0.1, 0.15) is 25.8 Å². The highest BCUT2D eigenvalue weighted by Gasteiger charge is 2.24. The van der Waals surface area contributed by atoms with Gasteiger partial charge in [-0.25, -0.2) is 4.39 Å². The molecule has 1 atom stereocenters. The van der Waals surface area contributed by atoms with Crippen molar-refractivity contribution in [2.75, 3.05) is 13.2 Å². The quantitative estimate of drug-likeness (QED) is 0.790. The number of aliphatic hydroxyl groups is 1. The van der Waals surface area contributed by atoms with E-state index in [1.54, 1.807) is 26.0 Å². The van der Waals surface area contributed by atoms with Crippen LogP contribution >= 0.6 is 0 Å². The van der Waals surface area contributed by atoms with Crippen molar-refractivity contribution in [1.82, 2.24) is 10.2 Å². The number of nitrogens with one attached hydrogen (secondary N) is 1. The molecule has 0 fully saturated rings. The maximum absolute atomic E-state index is 12.9. The zero-order valence-corrected chi connectivity index (χ0v) is 12.3. The van der Waals surface area contributed by atoms with E-state index in [1.807, 2.05) is 0 Å². The Morgan fingerprint density at radius 1 is 1.33 bits per heavy atom. The largest absolute Gasteiger partial charge is 0.395 e. The molecule has 0 radical (unpaired) electrons. The molecule has 0 aliphatic carbocycles. The van der Waals surface area contributed by atoms with Crippen molar-refractivity contribution in [3.05, 3.63) is 35.6 Å².